The van der Waals surface area contributed by atoms with Crippen LogP contribution in [0.15, 0.2) is 24.4 Å². The summed E-state index contributed by atoms with van der Waals surface area (Å²) < 4.78 is 5.08. The van der Waals surface area contributed by atoms with Crippen LogP contribution in [-0.4, -0.2) is 35.8 Å². The normalized spacial score (nSPS) is 12.6. The lowest BCUT2D eigenvalue weighted by Crippen LogP contribution is -2.17. The van der Waals surface area contributed by atoms with Crippen molar-refractivity contribution in [3.63, 3.8) is 0 Å². The summed E-state index contributed by atoms with van der Waals surface area (Å²) in [6.07, 6.45) is 1.06. The molecule has 2 aromatic rings. The molecular weight excluding hydrogens is 218 g/mol. The highest BCUT2D eigenvalue weighted by Crippen LogP contribution is 2.22. The number of hydrogen-bond acceptors (Lipinski definition) is 5. The van der Waals surface area contributed by atoms with E-state index in [1.807, 2.05) is 6.07 Å². The molecule has 2 heterocycles. The van der Waals surface area contributed by atoms with Crippen molar-refractivity contribution in [3.05, 3.63) is 30.0 Å². The first kappa shape index (κ1) is 11.8. The summed E-state index contributed by atoms with van der Waals surface area (Å²) >= 11 is 0. The van der Waals surface area contributed by atoms with E-state index < -0.39 is 6.10 Å². The second kappa shape index (κ2) is 5.07. The predicted octanol–water partition coefficient (Wildman–Crippen LogP) is 0.891. The third kappa shape index (κ3) is 2.35. The summed E-state index contributed by atoms with van der Waals surface area (Å²) in [5.41, 5.74) is 2.18. The third-order valence-electron chi connectivity index (χ3n) is 2.56. The average Bonchev–Trinajstić information content (AvgIpc) is 2.37. The Balaban J connectivity index is 2.54. The van der Waals surface area contributed by atoms with Gasteiger partial charge in [0.15, 0.2) is 0 Å². The molecule has 0 spiro atoms. The van der Waals surface area contributed by atoms with Crippen molar-refractivity contribution in [2.45, 2.75) is 6.10 Å². The Bertz CT molecular complexity index is 516. The van der Waals surface area contributed by atoms with Gasteiger partial charge in [-0.3, -0.25) is 4.98 Å². The summed E-state index contributed by atoms with van der Waals surface area (Å²) in [6.45, 7) is 0.470. The molecule has 1 atom stereocenters. The molecule has 2 N–H and O–H groups in total. The Morgan fingerprint density at radius 3 is 2.94 bits per heavy atom. The number of aromatic nitrogens is 2. The number of aliphatic hydroxyl groups excluding tert-OH is 1. The molecule has 0 aliphatic heterocycles. The van der Waals surface area contributed by atoms with Crippen LogP contribution in [-0.2, 0) is 0 Å². The van der Waals surface area contributed by atoms with Gasteiger partial charge in [0, 0.05) is 24.4 Å². The maximum atomic E-state index is 10.0. The van der Waals surface area contributed by atoms with E-state index in [4.69, 9.17) is 4.74 Å². The molecule has 5 nitrogen and oxygen atoms in total. The summed E-state index contributed by atoms with van der Waals surface area (Å²) in [5.74, 6) is 0.517. The van der Waals surface area contributed by atoms with Crippen molar-refractivity contribution >= 4 is 11.0 Å². The van der Waals surface area contributed by atoms with Crippen molar-refractivity contribution < 1.29 is 9.84 Å². The molecule has 0 bridgehead atoms. The highest BCUT2D eigenvalue weighted by Gasteiger charge is 2.12. The molecule has 17 heavy (non-hydrogen) atoms. The molecule has 2 aromatic heterocycles. The average molecular weight is 233 g/mol. The molecule has 0 aromatic carbocycles. The minimum absolute atomic E-state index is 0.470. The van der Waals surface area contributed by atoms with Crippen LogP contribution in [0, 0.1) is 0 Å². The Hall–Kier alpha value is -1.72. The van der Waals surface area contributed by atoms with Gasteiger partial charge >= 0.3 is 0 Å². The van der Waals surface area contributed by atoms with Gasteiger partial charge in [-0.05, 0) is 19.2 Å². The molecule has 5 heteroatoms. The fourth-order valence-electron chi connectivity index (χ4n) is 1.71. The lowest BCUT2D eigenvalue weighted by atomic mass is 10.1. The van der Waals surface area contributed by atoms with E-state index in [1.54, 1.807) is 32.5 Å². The zero-order valence-electron chi connectivity index (χ0n) is 9.84. The van der Waals surface area contributed by atoms with Crippen LogP contribution >= 0.6 is 0 Å². The standard InChI is InChI=1S/C12H15N3O2/c1-13-7-10(16)8-5-6-14-9-3-4-11(17-2)15-12(8)9/h3-6,10,13,16H,7H2,1-2H3/t10-/m0/s1. The third-order valence-corrected chi connectivity index (χ3v) is 2.56. The van der Waals surface area contributed by atoms with Gasteiger partial charge in [0.25, 0.3) is 0 Å². The Kier molecular flexibility index (Phi) is 3.51. The minimum atomic E-state index is -0.606. The predicted molar refractivity (Wildman–Crippen MR) is 65.0 cm³/mol. The van der Waals surface area contributed by atoms with Gasteiger partial charge in [0.1, 0.15) is 0 Å². The van der Waals surface area contributed by atoms with Gasteiger partial charge in [0.05, 0.1) is 24.2 Å². The van der Waals surface area contributed by atoms with Crippen molar-refractivity contribution in [1.29, 1.82) is 0 Å². The summed E-state index contributed by atoms with van der Waals surface area (Å²) in [5, 5.41) is 12.9. The number of nitrogens with one attached hydrogen (secondary N) is 1. The Morgan fingerprint density at radius 1 is 1.41 bits per heavy atom. The summed E-state index contributed by atoms with van der Waals surface area (Å²) in [7, 11) is 3.36. The van der Waals surface area contributed by atoms with Gasteiger partial charge in [-0.15, -0.1) is 0 Å². The van der Waals surface area contributed by atoms with E-state index in [-0.39, 0.29) is 0 Å². The first-order chi connectivity index (χ1) is 8.26. The van der Waals surface area contributed by atoms with E-state index >= 15 is 0 Å². The smallest absolute Gasteiger partial charge is 0.213 e. The van der Waals surface area contributed by atoms with E-state index in [0.29, 0.717) is 17.9 Å². The molecule has 0 unspecified atom stereocenters. The number of ether oxygens (including phenoxy) is 1. The molecule has 2 rings (SSSR count). The number of nitrogens with zero attached hydrogens (tertiary/aromatic N) is 2. The second-order valence-electron chi connectivity index (χ2n) is 3.70. The lowest BCUT2D eigenvalue weighted by Gasteiger charge is -2.12. The van der Waals surface area contributed by atoms with Crippen LogP contribution in [0.25, 0.3) is 11.0 Å². The van der Waals surface area contributed by atoms with Crippen LogP contribution in [0.5, 0.6) is 5.88 Å². The number of pyridine rings is 2. The number of fused-ring (bicyclic) bond motifs is 1. The van der Waals surface area contributed by atoms with Crippen LogP contribution < -0.4 is 10.1 Å². The van der Waals surface area contributed by atoms with E-state index in [2.05, 4.69) is 15.3 Å². The van der Waals surface area contributed by atoms with Crippen LogP contribution in [0.1, 0.15) is 11.7 Å². The number of methoxy groups -OCH3 is 1. The SMILES string of the molecule is CNC[C@H](O)c1ccnc2ccc(OC)nc12. The summed E-state index contributed by atoms with van der Waals surface area (Å²) in [4.78, 5) is 8.53. The van der Waals surface area contributed by atoms with Gasteiger partial charge in [-0.1, -0.05) is 0 Å². The van der Waals surface area contributed by atoms with E-state index in [0.717, 1.165) is 11.1 Å². The molecule has 0 aliphatic carbocycles. The number of hydrogen-bond donors (Lipinski definition) is 2. The van der Waals surface area contributed by atoms with Crippen molar-refractivity contribution in [3.8, 4) is 5.88 Å². The van der Waals surface area contributed by atoms with Crippen molar-refractivity contribution in [2.24, 2.45) is 0 Å². The maximum Gasteiger partial charge on any atom is 0.213 e. The van der Waals surface area contributed by atoms with Gasteiger partial charge in [-0.25, -0.2) is 4.98 Å². The number of likely N-dealkylation sites (N-methyl/N-ethyl adjacent to an activating group) is 1. The molecule has 0 saturated heterocycles. The van der Waals surface area contributed by atoms with Crippen LogP contribution in [0.4, 0.5) is 0 Å². The molecule has 0 aliphatic rings. The fraction of sp³-hybridized carbons (Fsp3) is 0.333. The molecule has 0 fully saturated rings. The topological polar surface area (TPSA) is 67.3 Å². The first-order valence-electron chi connectivity index (χ1n) is 5.38. The Morgan fingerprint density at radius 2 is 2.24 bits per heavy atom. The van der Waals surface area contributed by atoms with E-state index in [9.17, 15) is 5.11 Å². The Labute approximate surface area is 99.5 Å². The largest absolute Gasteiger partial charge is 0.481 e. The molecule has 90 valence electrons. The fourth-order valence-corrected chi connectivity index (χ4v) is 1.71. The molecular formula is C12H15N3O2. The lowest BCUT2D eigenvalue weighted by molar-refractivity contribution is 0.179. The zero-order valence-corrected chi connectivity index (χ0v) is 9.84. The number of aliphatic hydroxyl groups is 1. The zero-order chi connectivity index (χ0) is 12.3. The molecule has 0 radical (unpaired) electrons. The maximum absolute atomic E-state index is 10.0. The second-order valence-corrected chi connectivity index (χ2v) is 3.70. The van der Waals surface area contributed by atoms with Gasteiger partial charge in [-0.2, -0.15) is 0 Å². The van der Waals surface area contributed by atoms with Crippen molar-refractivity contribution in [1.82, 2.24) is 15.3 Å². The number of rotatable bonds is 4. The highest BCUT2D eigenvalue weighted by atomic mass is 16.5. The quantitative estimate of drug-likeness (QED) is 0.821. The molecule has 0 saturated carbocycles. The summed E-state index contributed by atoms with van der Waals surface area (Å²) in [6, 6.07) is 5.36. The van der Waals surface area contributed by atoms with Gasteiger partial charge < -0.3 is 15.2 Å². The minimum Gasteiger partial charge on any atom is -0.481 e. The van der Waals surface area contributed by atoms with Crippen molar-refractivity contribution in [2.75, 3.05) is 20.7 Å². The highest BCUT2D eigenvalue weighted by molar-refractivity contribution is 5.78. The van der Waals surface area contributed by atoms with Crippen LogP contribution in [0.3, 0.4) is 0 Å². The van der Waals surface area contributed by atoms with E-state index in [1.165, 1.54) is 0 Å². The van der Waals surface area contributed by atoms with Crippen LogP contribution in [0.2, 0.25) is 0 Å². The first-order valence-corrected chi connectivity index (χ1v) is 5.38. The molecule has 0 amide bonds. The monoisotopic (exact) mass is 233 g/mol. The van der Waals surface area contributed by atoms with Gasteiger partial charge in [0.2, 0.25) is 5.88 Å².